The zero-order chi connectivity index (χ0) is 13.0. The van der Waals surface area contributed by atoms with E-state index in [1.165, 1.54) is 28.6 Å². The molecule has 6 nitrogen and oxygen atoms in total. The lowest BCUT2D eigenvalue weighted by atomic mass is 10.3. The van der Waals surface area contributed by atoms with Crippen molar-refractivity contribution in [2.24, 2.45) is 7.05 Å². The maximum Gasteiger partial charge on any atom is 0.234 e. The highest BCUT2D eigenvalue weighted by molar-refractivity contribution is 7.99. The fourth-order valence-electron chi connectivity index (χ4n) is 1.22. The van der Waals surface area contributed by atoms with Gasteiger partial charge in [-0.05, 0) is 22.6 Å². The van der Waals surface area contributed by atoms with Gasteiger partial charge in [0.2, 0.25) is 11.1 Å². The summed E-state index contributed by atoms with van der Waals surface area (Å²) < 4.78 is 14.7. The predicted molar refractivity (Wildman–Crippen MR) is 64.6 cm³/mol. The first-order valence-electron chi connectivity index (χ1n) is 5.06. The van der Waals surface area contributed by atoms with Crippen LogP contribution in [0.4, 0.5) is 10.1 Å². The number of para-hydroxylation sites is 1. The molecule has 1 heterocycles. The molecule has 8 heteroatoms. The molecule has 0 spiro atoms. The summed E-state index contributed by atoms with van der Waals surface area (Å²) in [5.74, 6) is -0.660. The number of amides is 1. The molecule has 1 aromatic carbocycles. The number of thioether (sulfide) groups is 1. The van der Waals surface area contributed by atoms with Crippen molar-refractivity contribution < 1.29 is 9.18 Å². The molecule has 2 rings (SSSR count). The second-order valence-corrected chi connectivity index (χ2v) is 4.34. The van der Waals surface area contributed by atoms with Gasteiger partial charge in [-0.2, -0.15) is 0 Å². The second-order valence-electron chi connectivity index (χ2n) is 3.40. The molecule has 0 radical (unpaired) electrons. The van der Waals surface area contributed by atoms with Crippen LogP contribution in [0.15, 0.2) is 29.4 Å². The number of rotatable bonds is 4. The van der Waals surface area contributed by atoms with Gasteiger partial charge < -0.3 is 5.32 Å². The van der Waals surface area contributed by atoms with E-state index in [0.717, 1.165) is 0 Å². The van der Waals surface area contributed by atoms with E-state index in [1.54, 1.807) is 19.2 Å². The van der Waals surface area contributed by atoms with Gasteiger partial charge in [-0.1, -0.05) is 23.9 Å². The Hall–Kier alpha value is -1.96. The predicted octanol–water partition coefficient (Wildman–Crippen LogP) is 1.08. The average molecular weight is 267 g/mol. The maximum absolute atomic E-state index is 13.3. The fraction of sp³-hybridized carbons (Fsp3) is 0.200. The molecule has 0 bridgehead atoms. The third kappa shape index (κ3) is 3.04. The van der Waals surface area contributed by atoms with Gasteiger partial charge in [0.1, 0.15) is 5.82 Å². The molecule has 94 valence electrons. The molecule has 0 aliphatic rings. The van der Waals surface area contributed by atoms with Crippen molar-refractivity contribution in [2.75, 3.05) is 11.1 Å². The number of hydrogen-bond donors (Lipinski definition) is 1. The van der Waals surface area contributed by atoms with Gasteiger partial charge in [-0.3, -0.25) is 4.79 Å². The molecule has 0 aliphatic heterocycles. The molecule has 1 N–H and O–H groups in total. The highest BCUT2D eigenvalue weighted by Crippen LogP contribution is 2.15. The Morgan fingerprint density at radius 1 is 1.50 bits per heavy atom. The van der Waals surface area contributed by atoms with Crippen LogP contribution < -0.4 is 5.32 Å². The molecule has 0 fully saturated rings. The normalized spacial score (nSPS) is 10.3. The zero-order valence-electron chi connectivity index (χ0n) is 9.50. The van der Waals surface area contributed by atoms with Crippen LogP contribution in [-0.4, -0.2) is 31.9 Å². The number of nitrogens with zero attached hydrogens (tertiary/aromatic N) is 4. The molecular weight excluding hydrogens is 257 g/mol. The van der Waals surface area contributed by atoms with Crippen LogP contribution in [-0.2, 0) is 11.8 Å². The summed E-state index contributed by atoms with van der Waals surface area (Å²) in [6.07, 6.45) is 0. The topological polar surface area (TPSA) is 72.7 Å². The van der Waals surface area contributed by atoms with E-state index in [4.69, 9.17) is 0 Å². The first kappa shape index (κ1) is 12.5. The lowest BCUT2D eigenvalue weighted by Gasteiger charge is -2.05. The van der Waals surface area contributed by atoms with Crippen molar-refractivity contribution in [1.29, 1.82) is 0 Å². The van der Waals surface area contributed by atoms with E-state index in [-0.39, 0.29) is 17.3 Å². The number of halogens is 1. The molecule has 1 aromatic heterocycles. The minimum Gasteiger partial charge on any atom is -0.323 e. The van der Waals surface area contributed by atoms with E-state index in [2.05, 4.69) is 20.8 Å². The van der Waals surface area contributed by atoms with Gasteiger partial charge in [0.15, 0.2) is 0 Å². The summed E-state index contributed by atoms with van der Waals surface area (Å²) in [6.45, 7) is 0. The fourth-order valence-corrected chi connectivity index (χ4v) is 1.87. The zero-order valence-corrected chi connectivity index (χ0v) is 10.3. The van der Waals surface area contributed by atoms with Crippen molar-refractivity contribution >= 4 is 23.4 Å². The van der Waals surface area contributed by atoms with Crippen molar-refractivity contribution in [3.63, 3.8) is 0 Å². The van der Waals surface area contributed by atoms with E-state index < -0.39 is 5.82 Å². The maximum atomic E-state index is 13.3. The Morgan fingerprint density at radius 2 is 2.28 bits per heavy atom. The second kappa shape index (κ2) is 5.58. The third-order valence-electron chi connectivity index (χ3n) is 2.06. The van der Waals surface area contributed by atoms with Crippen LogP contribution in [0.25, 0.3) is 0 Å². The van der Waals surface area contributed by atoms with Crippen LogP contribution in [0.1, 0.15) is 0 Å². The van der Waals surface area contributed by atoms with Crippen LogP contribution in [0.2, 0.25) is 0 Å². The molecule has 1 amide bonds. The smallest absolute Gasteiger partial charge is 0.234 e. The van der Waals surface area contributed by atoms with Crippen LogP contribution in [0.5, 0.6) is 0 Å². The largest absolute Gasteiger partial charge is 0.323 e. The van der Waals surface area contributed by atoms with Crippen molar-refractivity contribution in [3.8, 4) is 0 Å². The standard InChI is InChI=1S/C10H10FN5OS/c1-16-10(13-14-15-16)18-6-9(17)12-8-5-3-2-4-7(8)11/h2-5H,6H2,1H3,(H,12,17). The molecule has 18 heavy (non-hydrogen) atoms. The number of aryl methyl sites for hydroxylation is 1. The summed E-state index contributed by atoms with van der Waals surface area (Å²) in [6, 6.07) is 6.00. The van der Waals surface area contributed by atoms with Crippen molar-refractivity contribution in [2.45, 2.75) is 5.16 Å². The number of carbonyl (C=O) groups excluding carboxylic acids is 1. The van der Waals surface area contributed by atoms with Crippen molar-refractivity contribution in [1.82, 2.24) is 20.2 Å². The van der Waals surface area contributed by atoms with Gasteiger partial charge in [-0.15, -0.1) is 5.10 Å². The number of aromatic nitrogens is 4. The molecule has 0 aliphatic carbocycles. The monoisotopic (exact) mass is 267 g/mol. The number of benzene rings is 1. The van der Waals surface area contributed by atoms with Gasteiger partial charge in [0, 0.05) is 7.05 Å². The van der Waals surface area contributed by atoms with Crippen molar-refractivity contribution in [3.05, 3.63) is 30.1 Å². The number of nitrogens with one attached hydrogen (secondary N) is 1. The summed E-state index contributed by atoms with van der Waals surface area (Å²) in [7, 11) is 1.68. The van der Waals surface area contributed by atoms with Crippen LogP contribution >= 0.6 is 11.8 Å². The average Bonchev–Trinajstić information content (AvgIpc) is 2.75. The first-order valence-corrected chi connectivity index (χ1v) is 6.05. The first-order chi connectivity index (χ1) is 8.66. The Morgan fingerprint density at radius 3 is 2.94 bits per heavy atom. The molecule has 2 aromatic rings. The van der Waals surface area contributed by atoms with E-state index in [9.17, 15) is 9.18 Å². The number of carbonyl (C=O) groups is 1. The van der Waals surface area contributed by atoms with Gasteiger partial charge in [-0.25, -0.2) is 9.07 Å². The van der Waals surface area contributed by atoms with Gasteiger partial charge >= 0.3 is 0 Å². The summed E-state index contributed by atoms with van der Waals surface area (Å²) in [5.41, 5.74) is 0.166. The van der Waals surface area contributed by atoms with E-state index in [0.29, 0.717) is 5.16 Å². The highest BCUT2D eigenvalue weighted by atomic mass is 32.2. The lowest BCUT2D eigenvalue weighted by Crippen LogP contribution is -2.15. The highest BCUT2D eigenvalue weighted by Gasteiger charge is 2.09. The Kier molecular flexibility index (Phi) is 3.88. The lowest BCUT2D eigenvalue weighted by molar-refractivity contribution is -0.113. The summed E-state index contributed by atoms with van der Waals surface area (Å²) in [5, 5.41) is 13.8. The summed E-state index contributed by atoms with van der Waals surface area (Å²) in [4.78, 5) is 11.6. The van der Waals surface area contributed by atoms with Crippen LogP contribution in [0, 0.1) is 5.82 Å². The third-order valence-corrected chi connectivity index (χ3v) is 3.07. The number of hydrogen-bond acceptors (Lipinski definition) is 5. The molecule has 0 saturated heterocycles. The molecule has 0 saturated carbocycles. The molecule has 0 atom stereocenters. The number of tetrazole rings is 1. The number of anilines is 1. The Balaban J connectivity index is 1.90. The minimum atomic E-state index is -0.462. The van der Waals surface area contributed by atoms with Gasteiger partial charge in [0.25, 0.3) is 0 Å². The summed E-state index contributed by atoms with van der Waals surface area (Å²) >= 11 is 1.18. The molecular formula is C10H10FN5OS. The quantitative estimate of drug-likeness (QED) is 0.839. The minimum absolute atomic E-state index is 0.114. The van der Waals surface area contributed by atoms with Crippen LogP contribution in [0.3, 0.4) is 0 Å². The Bertz CT molecular complexity index is 559. The SMILES string of the molecule is Cn1nnnc1SCC(=O)Nc1ccccc1F. The molecule has 0 unspecified atom stereocenters. The van der Waals surface area contributed by atoms with E-state index in [1.807, 2.05) is 0 Å². The Labute approximate surface area is 107 Å². The van der Waals surface area contributed by atoms with E-state index >= 15 is 0 Å². The van der Waals surface area contributed by atoms with Gasteiger partial charge in [0.05, 0.1) is 11.4 Å².